The van der Waals surface area contributed by atoms with E-state index in [4.69, 9.17) is 0 Å². The fourth-order valence-electron chi connectivity index (χ4n) is 5.20. The number of hydrogen-bond donors (Lipinski definition) is 1. The SMILES string of the molecule is Cc1ccccc1CN(C(=O)CN(c1ccccc1C)S(=O)(=O)c1ccccc1)[C@@H](C)C(=O)NC1CCCCC1. The molecule has 1 aliphatic carbocycles. The number of hydrogen-bond acceptors (Lipinski definition) is 4. The Hall–Kier alpha value is -3.65. The zero-order valence-electron chi connectivity index (χ0n) is 23.5. The van der Waals surface area contributed by atoms with Gasteiger partial charge in [0.2, 0.25) is 11.8 Å². The Morgan fingerprint density at radius 1 is 0.850 bits per heavy atom. The first-order chi connectivity index (χ1) is 19.2. The van der Waals surface area contributed by atoms with Gasteiger partial charge in [0.05, 0.1) is 10.6 Å². The zero-order valence-corrected chi connectivity index (χ0v) is 24.4. The van der Waals surface area contributed by atoms with E-state index < -0.39 is 28.5 Å². The molecule has 40 heavy (non-hydrogen) atoms. The van der Waals surface area contributed by atoms with Gasteiger partial charge in [0.1, 0.15) is 12.6 Å². The minimum atomic E-state index is -4.07. The van der Waals surface area contributed by atoms with E-state index in [9.17, 15) is 18.0 Å². The van der Waals surface area contributed by atoms with E-state index in [0.717, 1.165) is 46.7 Å². The van der Waals surface area contributed by atoms with Crippen LogP contribution < -0.4 is 9.62 Å². The van der Waals surface area contributed by atoms with Crippen LogP contribution in [0.25, 0.3) is 0 Å². The van der Waals surface area contributed by atoms with E-state index in [0.29, 0.717) is 5.69 Å². The number of carbonyl (C=O) groups is 2. The van der Waals surface area contributed by atoms with E-state index in [1.807, 2.05) is 50.2 Å². The Labute approximate surface area is 238 Å². The van der Waals surface area contributed by atoms with Crippen molar-refractivity contribution in [2.45, 2.75) is 76.4 Å². The third-order valence-electron chi connectivity index (χ3n) is 7.72. The number of amides is 2. The quantitative estimate of drug-likeness (QED) is 0.361. The average Bonchev–Trinajstić information content (AvgIpc) is 2.96. The van der Waals surface area contributed by atoms with Crippen molar-refractivity contribution in [1.29, 1.82) is 0 Å². The largest absolute Gasteiger partial charge is 0.352 e. The molecule has 212 valence electrons. The van der Waals surface area contributed by atoms with Crippen LogP contribution in [0.5, 0.6) is 0 Å². The number of carbonyl (C=O) groups excluding carboxylic acids is 2. The second kappa shape index (κ2) is 13.1. The number of para-hydroxylation sites is 1. The van der Waals surface area contributed by atoms with Gasteiger partial charge in [-0.25, -0.2) is 8.42 Å². The molecule has 0 radical (unpaired) electrons. The molecule has 1 saturated carbocycles. The predicted octanol–water partition coefficient (Wildman–Crippen LogP) is 5.36. The molecule has 7 nitrogen and oxygen atoms in total. The second-order valence-corrected chi connectivity index (χ2v) is 12.4. The van der Waals surface area contributed by atoms with Crippen LogP contribution in [0.1, 0.15) is 55.7 Å². The molecule has 4 rings (SSSR count). The highest BCUT2D eigenvalue weighted by Crippen LogP contribution is 2.27. The highest BCUT2D eigenvalue weighted by molar-refractivity contribution is 7.92. The molecule has 0 aliphatic heterocycles. The summed E-state index contributed by atoms with van der Waals surface area (Å²) in [6.45, 7) is 5.26. The van der Waals surface area contributed by atoms with E-state index in [-0.39, 0.29) is 23.4 Å². The summed E-state index contributed by atoms with van der Waals surface area (Å²) >= 11 is 0. The number of benzene rings is 3. The molecule has 1 N–H and O–H groups in total. The van der Waals surface area contributed by atoms with Crippen LogP contribution in [-0.4, -0.2) is 43.8 Å². The maximum Gasteiger partial charge on any atom is 0.264 e. The Morgan fingerprint density at radius 3 is 2.10 bits per heavy atom. The molecule has 2 amide bonds. The first-order valence-corrected chi connectivity index (χ1v) is 15.4. The van der Waals surface area contributed by atoms with Crippen molar-refractivity contribution in [3.05, 3.63) is 95.6 Å². The van der Waals surface area contributed by atoms with Gasteiger partial charge in [-0.05, 0) is 68.5 Å². The van der Waals surface area contributed by atoms with Gasteiger partial charge in [0, 0.05) is 12.6 Å². The Morgan fingerprint density at radius 2 is 1.45 bits per heavy atom. The lowest BCUT2D eigenvalue weighted by Crippen LogP contribution is -2.53. The molecule has 0 saturated heterocycles. The molecule has 3 aromatic carbocycles. The molecular weight excluding hydrogens is 522 g/mol. The van der Waals surface area contributed by atoms with Crippen molar-refractivity contribution in [2.24, 2.45) is 0 Å². The Bertz CT molecular complexity index is 1420. The van der Waals surface area contributed by atoms with Gasteiger partial charge >= 0.3 is 0 Å². The van der Waals surface area contributed by atoms with E-state index in [1.165, 1.54) is 23.5 Å². The van der Waals surface area contributed by atoms with Crippen LogP contribution in [0.15, 0.2) is 83.8 Å². The first kappa shape index (κ1) is 29.3. The summed E-state index contributed by atoms with van der Waals surface area (Å²) < 4.78 is 29.0. The van der Waals surface area contributed by atoms with Gasteiger partial charge in [0.15, 0.2) is 0 Å². The van der Waals surface area contributed by atoms with Gasteiger partial charge in [-0.15, -0.1) is 0 Å². The first-order valence-electron chi connectivity index (χ1n) is 14.0. The monoisotopic (exact) mass is 561 g/mol. The highest BCUT2D eigenvalue weighted by atomic mass is 32.2. The molecule has 3 aromatic rings. The van der Waals surface area contributed by atoms with Crippen molar-refractivity contribution >= 4 is 27.5 Å². The van der Waals surface area contributed by atoms with E-state index in [2.05, 4.69) is 5.32 Å². The number of anilines is 1. The van der Waals surface area contributed by atoms with Gasteiger partial charge in [-0.3, -0.25) is 13.9 Å². The summed E-state index contributed by atoms with van der Waals surface area (Å²) in [6.07, 6.45) is 5.19. The molecule has 0 spiro atoms. The number of nitrogens with zero attached hydrogens (tertiary/aromatic N) is 2. The van der Waals surface area contributed by atoms with Crippen LogP contribution >= 0.6 is 0 Å². The Balaban J connectivity index is 1.68. The summed E-state index contributed by atoms with van der Waals surface area (Å²) in [6, 6.07) is 22.3. The van der Waals surface area contributed by atoms with Crippen molar-refractivity contribution in [1.82, 2.24) is 10.2 Å². The van der Waals surface area contributed by atoms with Crippen molar-refractivity contribution in [3.63, 3.8) is 0 Å². The summed E-state index contributed by atoms with van der Waals surface area (Å²) in [5.41, 5.74) is 3.05. The number of sulfonamides is 1. The van der Waals surface area contributed by atoms with Gasteiger partial charge in [-0.1, -0.05) is 79.9 Å². The normalized spacial score (nSPS) is 14.8. The summed E-state index contributed by atoms with van der Waals surface area (Å²) in [7, 11) is -4.07. The summed E-state index contributed by atoms with van der Waals surface area (Å²) in [5, 5.41) is 3.14. The fourth-order valence-corrected chi connectivity index (χ4v) is 6.70. The van der Waals surface area contributed by atoms with E-state index >= 15 is 0 Å². The topological polar surface area (TPSA) is 86.8 Å². The van der Waals surface area contributed by atoms with Gasteiger partial charge < -0.3 is 10.2 Å². The van der Waals surface area contributed by atoms with Crippen molar-refractivity contribution in [3.8, 4) is 0 Å². The molecular formula is C32H39N3O4S. The minimum absolute atomic E-state index is 0.0968. The highest BCUT2D eigenvalue weighted by Gasteiger charge is 2.33. The lowest BCUT2D eigenvalue weighted by Gasteiger charge is -2.33. The van der Waals surface area contributed by atoms with Crippen LogP contribution in [-0.2, 0) is 26.2 Å². The lowest BCUT2D eigenvalue weighted by molar-refractivity contribution is -0.139. The Kier molecular flexibility index (Phi) is 9.63. The fraction of sp³-hybridized carbons (Fsp3) is 0.375. The average molecular weight is 562 g/mol. The number of rotatable bonds is 10. The molecule has 1 aliphatic rings. The maximum absolute atomic E-state index is 14.1. The van der Waals surface area contributed by atoms with E-state index in [1.54, 1.807) is 37.3 Å². The van der Waals surface area contributed by atoms with Crippen molar-refractivity contribution in [2.75, 3.05) is 10.8 Å². The molecule has 1 atom stereocenters. The number of aryl methyl sites for hydroxylation is 2. The predicted molar refractivity (Wildman–Crippen MR) is 158 cm³/mol. The molecule has 8 heteroatoms. The summed E-state index contributed by atoms with van der Waals surface area (Å²) in [5.74, 6) is -0.667. The van der Waals surface area contributed by atoms with Crippen LogP contribution in [0.3, 0.4) is 0 Å². The minimum Gasteiger partial charge on any atom is -0.352 e. The molecule has 0 bridgehead atoms. The van der Waals surface area contributed by atoms with Crippen molar-refractivity contribution < 1.29 is 18.0 Å². The van der Waals surface area contributed by atoms with Crippen LogP contribution in [0, 0.1) is 13.8 Å². The lowest BCUT2D eigenvalue weighted by atomic mass is 9.95. The summed E-state index contributed by atoms with van der Waals surface area (Å²) in [4.78, 5) is 29.1. The van der Waals surface area contributed by atoms with Gasteiger partial charge in [-0.2, -0.15) is 0 Å². The molecule has 0 unspecified atom stereocenters. The molecule has 0 aromatic heterocycles. The maximum atomic E-state index is 14.1. The smallest absolute Gasteiger partial charge is 0.264 e. The third kappa shape index (κ3) is 6.91. The number of nitrogens with one attached hydrogen (secondary N) is 1. The standard InChI is InChI=1S/C32H39N3O4S/c1-24-14-10-12-16-27(24)22-34(26(3)32(37)33-28-17-6-4-7-18-28)31(36)23-35(30-21-13-11-15-25(30)2)40(38,39)29-19-8-5-9-20-29/h5,8-16,19-21,26,28H,4,6-7,17-18,22-23H2,1-3H3,(H,33,37)/t26-/m0/s1. The third-order valence-corrected chi connectivity index (χ3v) is 9.49. The molecule has 0 heterocycles. The van der Waals surface area contributed by atoms with Crippen LogP contribution in [0.2, 0.25) is 0 Å². The molecule has 1 fully saturated rings. The van der Waals surface area contributed by atoms with Crippen LogP contribution in [0.4, 0.5) is 5.69 Å². The van der Waals surface area contributed by atoms with Gasteiger partial charge in [0.25, 0.3) is 10.0 Å². The zero-order chi connectivity index (χ0) is 28.7. The second-order valence-electron chi connectivity index (χ2n) is 10.6.